The highest BCUT2D eigenvalue weighted by atomic mass is 35.5. The second-order valence-corrected chi connectivity index (χ2v) is 8.85. The molecular weight excluding hydrogens is 460 g/mol. The minimum atomic E-state index is -0.236. The first-order chi connectivity index (χ1) is 16.0. The molecule has 3 aromatic rings. The summed E-state index contributed by atoms with van der Waals surface area (Å²) in [5, 5.41) is 4.11. The molecule has 0 bridgehead atoms. The van der Waals surface area contributed by atoms with Crippen LogP contribution in [0, 0.1) is 0 Å². The van der Waals surface area contributed by atoms with E-state index >= 15 is 0 Å². The van der Waals surface area contributed by atoms with Gasteiger partial charge in [-0.1, -0.05) is 23.4 Å². The first kappa shape index (κ1) is 23.0. The number of amides is 2. The molecule has 1 N–H and O–H groups in total. The van der Waals surface area contributed by atoms with E-state index in [1.54, 1.807) is 55.7 Å². The van der Waals surface area contributed by atoms with Crippen molar-refractivity contribution < 1.29 is 9.59 Å². The number of anilines is 2. The van der Waals surface area contributed by atoms with E-state index in [2.05, 4.69) is 25.2 Å². The van der Waals surface area contributed by atoms with Crippen LogP contribution in [-0.2, 0) is 10.5 Å². The van der Waals surface area contributed by atoms with Crippen LogP contribution in [0.3, 0.4) is 0 Å². The summed E-state index contributed by atoms with van der Waals surface area (Å²) in [5.74, 6) is 1.05. The van der Waals surface area contributed by atoms with Gasteiger partial charge in [-0.05, 0) is 42.5 Å². The average molecular weight is 483 g/mol. The maximum Gasteiger partial charge on any atom is 0.258 e. The van der Waals surface area contributed by atoms with Crippen molar-refractivity contribution in [1.82, 2.24) is 19.9 Å². The van der Waals surface area contributed by atoms with Gasteiger partial charge in [-0.15, -0.1) is 0 Å². The number of carbonyl (C=O) groups is 2. The van der Waals surface area contributed by atoms with Gasteiger partial charge in [-0.25, -0.2) is 15.0 Å². The van der Waals surface area contributed by atoms with Crippen molar-refractivity contribution in [3.63, 3.8) is 0 Å². The zero-order valence-electron chi connectivity index (χ0n) is 18.1. The second-order valence-electron chi connectivity index (χ2n) is 7.45. The van der Waals surface area contributed by atoms with Gasteiger partial charge in [0.15, 0.2) is 0 Å². The Balaban J connectivity index is 1.41. The van der Waals surface area contributed by atoms with E-state index in [0.29, 0.717) is 59.2 Å². The Kier molecular flexibility index (Phi) is 7.41. The lowest BCUT2D eigenvalue weighted by Crippen LogP contribution is -2.48. The summed E-state index contributed by atoms with van der Waals surface area (Å²) in [7, 11) is 0. The minimum Gasteiger partial charge on any atom is -0.339 e. The highest BCUT2D eigenvalue weighted by Crippen LogP contribution is 2.25. The number of pyridine rings is 1. The summed E-state index contributed by atoms with van der Waals surface area (Å²) in [5.41, 5.74) is 2.00. The molecule has 3 heterocycles. The van der Waals surface area contributed by atoms with E-state index in [9.17, 15) is 9.59 Å². The van der Waals surface area contributed by atoms with Gasteiger partial charge in [0.25, 0.3) is 5.91 Å². The molecule has 1 fully saturated rings. The van der Waals surface area contributed by atoms with Gasteiger partial charge < -0.3 is 15.1 Å². The van der Waals surface area contributed by atoms with Gasteiger partial charge in [0, 0.05) is 62.0 Å². The maximum absolute atomic E-state index is 12.8. The lowest BCUT2D eigenvalue weighted by atomic mass is 10.2. The Hall–Kier alpha value is -3.17. The SMILES string of the molecule is CC(=O)N1CCN(c2nccc(CSc3ncccc3C(=O)Nc3ccc(Cl)cc3)n2)CC1. The van der Waals surface area contributed by atoms with E-state index in [1.165, 1.54) is 11.8 Å². The van der Waals surface area contributed by atoms with Gasteiger partial charge in [-0.3, -0.25) is 9.59 Å². The molecule has 1 saturated heterocycles. The topological polar surface area (TPSA) is 91.3 Å². The molecule has 33 heavy (non-hydrogen) atoms. The van der Waals surface area contributed by atoms with Gasteiger partial charge in [0.2, 0.25) is 11.9 Å². The summed E-state index contributed by atoms with van der Waals surface area (Å²) in [6, 6.07) is 12.3. The van der Waals surface area contributed by atoms with Gasteiger partial charge in [0.05, 0.1) is 11.3 Å². The molecule has 0 unspecified atom stereocenters. The number of hydrogen-bond acceptors (Lipinski definition) is 7. The van der Waals surface area contributed by atoms with Crippen LogP contribution in [0.5, 0.6) is 0 Å². The molecule has 1 aromatic carbocycles. The van der Waals surface area contributed by atoms with Gasteiger partial charge >= 0.3 is 0 Å². The molecule has 4 rings (SSSR count). The van der Waals surface area contributed by atoms with Crippen molar-refractivity contribution in [2.45, 2.75) is 17.7 Å². The largest absolute Gasteiger partial charge is 0.339 e. The summed E-state index contributed by atoms with van der Waals surface area (Å²) in [6.45, 7) is 4.32. The zero-order chi connectivity index (χ0) is 23.2. The van der Waals surface area contributed by atoms with Crippen LogP contribution in [0.15, 0.2) is 59.9 Å². The molecule has 2 aromatic heterocycles. The van der Waals surface area contributed by atoms with Crippen LogP contribution in [0.25, 0.3) is 0 Å². The number of nitrogens with one attached hydrogen (secondary N) is 1. The monoisotopic (exact) mass is 482 g/mol. The molecule has 2 amide bonds. The van der Waals surface area contributed by atoms with Crippen LogP contribution >= 0.6 is 23.4 Å². The minimum absolute atomic E-state index is 0.0898. The van der Waals surface area contributed by atoms with Gasteiger partial charge in [0.1, 0.15) is 5.03 Å². The van der Waals surface area contributed by atoms with Crippen LogP contribution in [-0.4, -0.2) is 57.8 Å². The lowest BCUT2D eigenvalue weighted by Gasteiger charge is -2.34. The Bertz CT molecular complexity index is 1140. The fraction of sp³-hybridized carbons (Fsp3) is 0.261. The quantitative estimate of drug-likeness (QED) is 0.535. The van der Waals surface area contributed by atoms with E-state index in [0.717, 1.165) is 5.69 Å². The van der Waals surface area contributed by atoms with E-state index in [1.807, 2.05) is 11.0 Å². The van der Waals surface area contributed by atoms with Crippen LogP contribution in [0.1, 0.15) is 23.0 Å². The zero-order valence-corrected chi connectivity index (χ0v) is 19.6. The van der Waals surface area contributed by atoms with Crippen LogP contribution in [0.4, 0.5) is 11.6 Å². The van der Waals surface area contributed by atoms with Crippen LogP contribution < -0.4 is 10.2 Å². The highest BCUT2D eigenvalue weighted by molar-refractivity contribution is 7.98. The molecule has 0 radical (unpaired) electrons. The number of carbonyl (C=O) groups excluding carboxylic acids is 2. The fourth-order valence-corrected chi connectivity index (χ4v) is 4.41. The van der Waals surface area contributed by atoms with E-state index in [-0.39, 0.29) is 11.8 Å². The number of rotatable bonds is 6. The van der Waals surface area contributed by atoms with Crippen molar-refractivity contribution in [3.05, 3.63) is 71.1 Å². The Morgan fingerprint density at radius 3 is 2.52 bits per heavy atom. The molecule has 0 atom stereocenters. The normalized spacial score (nSPS) is 13.6. The van der Waals surface area contributed by atoms with E-state index < -0.39 is 0 Å². The third kappa shape index (κ3) is 6.00. The number of hydrogen-bond donors (Lipinski definition) is 1. The molecular formula is C23H23ClN6O2S. The smallest absolute Gasteiger partial charge is 0.258 e. The number of thioether (sulfide) groups is 1. The number of nitrogens with zero attached hydrogens (tertiary/aromatic N) is 5. The van der Waals surface area contributed by atoms with Crippen molar-refractivity contribution in [1.29, 1.82) is 0 Å². The van der Waals surface area contributed by atoms with E-state index in [4.69, 9.17) is 11.6 Å². The van der Waals surface area contributed by atoms with Crippen molar-refractivity contribution in [2.75, 3.05) is 36.4 Å². The predicted octanol–water partition coefficient (Wildman–Crippen LogP) is 3.74. The molecule has 0 spiro atoms. The molecule has 170 valence electrons. The second kappa shape index (κ2) is 10.6. The molecule has 1 aliphatic heterocycles. The number of benzene rings is 1. The number of aromatic nitrogens is 3. The van der Waals surface area contributed by atoms with Crippen molar-refractivity contribution in [3.8, 4) is 0 Å². The molecule has 0 aliphatic carbocycles. The molecule has 0 saturated carbocycles. The number of halogens is 1. The molecule has 1 aliphatic rings. The average Bonchev–Trinajstić information content (AvgIpc) is 2.84. The Morgan fingerprint density at radius 2 is 1.79 bits per heavy atom. The summed E-state index contributed by atoms with van der Waals surface area (Å²) < 4.78 is 0. The first-order valence-electron chi connectivity index (χ1n) is 10.5. The van der Waals surface area contributed by atoms with Crippen molar-refractivity contribution >= 4 is 46.8 Å². The Labute approximate surface area is 201 Å². The molecule has 8 nitrogen and oxygen atoms in total. The van der Waals surface area contributed by atoms with Crippen LogP contribution in [0.2, 0.25) is 5.02 Å². The third-order valence-corrected chi connectivity index (χ3v) is 6.47. The predicted molar refractivity (Wildman–Crippen MR) is 130 cm³/mol. The lowest BCUT2D eigenvalue weighted by molar-refractivity contribution is -0.129. The maximum atomic E-state index is 12.8. The summed E-state index contributed by atoms with van der Waals surface area (Å²) >= 11 is 7.36. The third-order valence-electron chi connectivity index (χ3n) is 5.18. The molecule has 10 heteroatoms. The summed E-state index contributed by atoms with van der Waals surface area (Å²) in [4.78, 5) is 41.7. The fourth-order valence-electron chi connectivity index (χ4n) is 3.39. The number of piperazine rings is 1. The standard InChI is InChI=1S/C23H23ClN6O2S/c1-16(31)29-11-13-30(14-12-29)23-26-10-8-19(28-23)15-33-22-20(3-2-9-25-22)21(32)27-18-6-4-17(24)5-7-18/h2-10H,11-15H2,1H3,(H,27,32). The van der Waals surface area contributed by atoms with Gasteiger partial charge in [-0.2, -0.15) is 0 Å². The first-order valence-corrected chi connectivity index (χ1v) is 11.8. The highest BCUT2D eigenvalue weighted by Gasteiger charge is 2.21. The van der Waals surface area contributed by atoms with Crippen molar-refractivity contribution in [2.24, 2.45) is 0 Å². The summed E-state index contributed by atoms with van der Waals surface area (Å²) in [6.07, 6.45) is 3.41. The Morgan fingerprint density at radius 1 is 1.03 bits per heavy atom.